The molecule has 210 valence electrons. The molecule has 8 rings (SSSR count). The van der Waals surface area contributed by atoms with Crippen LogP contribution in [0.3, 0.4) is 0 Å². The fourth-order valence-corrected chi connectivity index (χ4v) is 7.63. The van der Waals surface area contributed by atoms with Crippen LogP contribution in [0.4, 0.5) is 11.5 Å². The Hall–Kier alpha value is -4.08. The number of carbonyl (C=O) groups excluding carboxylic acids is 3. The van der Waals surface area contributed by atoms with Crippen molar-refractivity contribution in [3.05, 3.63) is 88.6 Å². The number of rotatable bonds is 8. The Kier molecular flexibility index (Phi) is 5.82. The van der Waals surface area contributed by atoms with E-state index >= 15 is 0 Å². The minimum absolute atomic E-state index is 0.00894. The van der Waals surface area contributed by atoms with Crippen LogP contribution in [0.2, 0.25) is 0 Å². The number of hydrogen-bond acceptors (Lipinski definition) is 6. The molecule has 5 N–H and O–H groups in total. The van der Waals surface area contributed by atoms with Crippen molar-refractivity contribution in [3.63, 3.8) is 0 Å². The monoisotopic (exact) mass is 550 g/mol. The van der Waals surface area contributed by atoms with Crippen molar-refractivity contribution in [2.24, 2.45) is 11.1 Å². The maximum absolute atomic E-state index is 13.7. The van der Waals surface area contributed by atoms with Gasteiger partial charge in [0.15, 0.2) is 0 Å². The highest BCUT2D eigenvalue weighted by Gasteiger charge is 2.70. The van der Waals surface area contributed by atoms with E-state index in [1.165, 1.54) is 0 Å². The van der Waals surface area contributed by atoms with Gasteiger partial charge in [0.1, 0.15) is 12.4 Å². The zero-order chi connectivity index (χ0) is 28.4. The number of fused-ring (bicyclic) bond motifs is 3. The summed E-state index contributed by atoms with van der Waals surface area (Å²) in [4.78, 5) is 46.2. The molecule has 9 nitrogen and oxygen atoms in total. The van der Waals surface area contributed by atoms with Crippen LogP contribution < -0.4 is 21.7 Å². The van der Waals surface area contributed by atoms with Crippen LogP contribution in [0.1, 0.15) is 47.1 Å². The van der Waals surface area contributed by atoms with Gasteiger partial charge in [-0.2, -0.15) is 0 Å². The van der Waals surface area contributed by atoms with Gasteiger partial charge in [-0.25, -0.2) is 4.98 Å². The maximum atomic E-state index is 13.7. The summed E-state index contributed by atoms with van der Waals surface area (Å²) in [6.07, 6.45) is 4.89. The van der Waals surface area contributed by atoms with Crippen molar-refractivity contribution < 1.29 is 14.4 Å². The molecule has 3 fully saturated rings. The summed E-state index contributed by atoms with van der Waals surface area (Å²) in [5, 5.41) is 9.14. The highest BCUT2D eigenvalue weighted by Crippen LogP contribution is 2.66. The third-order valence-electron chi connectivity index (χ3n) is 9.46. The molecule has 0 saturated heterocycles. The molecular weight excluding hydrogens is 516 g/mol. The van der Waals surface area contributed by atoms with E-state index in [9.17, 15) is 14.4 Å². The van der Waals surface area contributed by atoms with Crippen LogP contribution in [-0.4, -0.2) is 46.7 Å². The minimum atomic E-state index is -0.665. The highest BCUT2D eigenvalue weighted by molar-refractivity contribution is 6.06. The Morgan fingerprint density at radius 3 is 2.54 bits per heavy atom. The Labute approximate surface area is 238 Å². The second-order valence-corrected chi connectivity index (χ2v) is 12.5. The molecule has 5 aliphatic rings. The normalized spacial score (nSPS) is 26.4. The molecule has 2 heterocycles. The van der Waals surface area contributed by atoms with Crippen LogP contribution in [0, 0.1) is 5.41 Å². The van der Waals surface area contributed by atoms with Gasteiger partial charge in [-0.1, -0.05) is 36.4 Å². The van der Waals surface area contributed by atoms with Crippen molar-refractivity contribution in [2.75, 3.05) is 24.2 Å². The standard InChI is InChI=1S/C32H34N6O3/c1-34-14-21-5-2-3-6-22(21)15-38(29(41)30-17-31(33,18-30)19-30)16-26(39)36-24-9-8-20-12-32(13-23(20)11-24)25-7-4-10-35-27(25)37-28(32)40/h2-11,34H,12-19,33H2,1H3,(H,36,39)(H,35,37,40). The van der Waals surface area contributed by atoms with Gasteiger partial charge in [-0.15, -0.1) is 0 Å². The molecule has 1 aromatic heterocycles. The lowest BCUT2D eigenvalue weighted by Crippen LogP contribution is -2.76. The summed E-state index contributed by atoms with van der Waals surface area (Å²) >= 11 is 0. The van der Waals surface area contributed by atoms with Gasteiger partial charge < -0.3 is 26.6 Å². The molecule has 1 spiro atoms. The minimum Gasteiger partial charge on any atom is -0.329 e. The number of nitrogens with zero attached hydrogens (tertiary/aromatic N) is 2. The van der Waals surface area contributed by atoms with E-state index in [1.54, 1.807) is 11.1 Å². The van der Waals surface area contributed by atoms with Gasteiger partial charge >= 0.3 is 0 Å². The number of nitrogens with one attached hydrogen (secondary N) is 3. The lowest BCUT2D eigenvalue weighted by Gasteiger charge is -2.68. The predicted molar refractivity (Wildman–Crippen MR) is 155 cm³/mol. The van der Waals surface area contributed by atoms with E-state index in [4.69, 9.17) is 5.73 Å². The molecular formula is C32H34N6O3. The SMILES string of the molecule is CNCc1ccccc1CN(CC(=O)Nc1ccc2c(c1)CC1(C2)C(=O)Nc2ncccc21)C(=O)C12CC(N)(C1)C2. The number of amides is 3. The first kappa shape index (κ1) is 25.9. The number of pyridine rings is 1. The van der Waals surface area contributed by atoms with Gasteiger partial charge in [0.05, 0.1) is 10.8 Å². The Morgan fingerprint density at radius 2 is 1.78 bits per heavy atom. The lowest BCUT2D eigenvalue weighted by atomic mass is 9.39. The van der Waals surface area contributed by atoms with Crippen LogP contribution in [0.5, 0.6) is 0 Å². The van der Waals surface area contributed by atoms with Crippen molar-refractivity contribution >= 4 is 29.2 Å². The molecule has 2 aromatic carbocycles. The molecule has 1 aliphatic heterocycles. The van der Waals surface area contributed by atoms with E-state index in [-0.39, 0.29) is 29.8 Å². The molecule has 41 heavy (non-hydrogen) atoms. The second kappa shape index (κ2) is 9.22. The smallest absolute Gasteiger partial charge is 0.244 e. The van der Waals surface area contributed by atoms with Crippen molar-refractivity contribution in [2.45, 2.75) is 56.1 Å². The zero-order valence-corrected chi connectivity index (χ0v) is 23.1. The number of hydrogen-bond donors (Lipinski definition) is 4. The van der Waals surface area contributed by atoms with Gasteiger partial charge in [0.25, 0.3) is 0 Å². The first-order chi connectivity index (χ1) is 19.7. The quantitative estimate of drug-likeness (QED) is 0.341. The molecule has 2 bridgehead atoms. The molecule has 3 aromatic rings. The summed E-state index contributed by atoms with van der Waals surface area (Å²) in [5.74, 6) is 0.353. The highest BCUT2D eigenvalue weighted by atomic mass is 16.2. The van der Waals surface area contributed by atoms with Gasteiger partial charge in [-0.05, 0) is 79.6 Å². The molecule has 4 aliphatic carbocycles. The average molecular weight is 551 g/mol. The fraction of sp³-hybridized carbons (Fsp3) is 0.375. The fourth-order valence-electron chi connectivity index (χ4n) is 7.63. The van der Waals surface area contributed by atoms with Gasteiger partial charge in [0, 0.05) is 36.1 Å². The van der Waals surface area contributed by atoms with E-state index < -0.39 is 10.8 Å². The molecule has 3 saturated carbocycles. The molecule has 1 atom stereocenters. The lowest BCUT2D eigenvalue weighted by molar-refractivity contribution is -0.184. The Balaban J connectivity index is 1.09. The summed E-state index contributed by atoms with van der Waals surface area (Å²) in [6, 6.07) is 17.6. The predicted octanol–water partition coefficient (Wildman–Crippen LogP) is 2.64. The Bertz CT molecular complexity index is 1580. The molecule has 0 radical (unpaired) electrons. The molecule has 9 heteroatoms. The van der Waals surface area contributed by atoms with Crippen LogP contribution in [0.25, 0.3) is 0 Å². The summed E-state index contributed by atoms with van der Waals surface area (Å²) in [7, 11) is 1.89. The van der Waals surface area contributed by atoms with Crippen LogP contribution in [0.15, 0.2) is 60.8 Å². The topological polar surface area (TPSA) is 129 Å². The van der Waals surface area contributed by atoms with Crippen molar-refractivity contribution in [1.82, 2.24) is 15.2 Å². The first-order valence-corrected chi connectivity index (χ1v) is 14.2. The molecule has 1 unspecified atom stereocenters. The van der Waals surface area contributed by atoms with E-state index in [0.717, 1.165) is 27.8 Å². The number of aromatic nitrogens is 1. The number of benzene rings is 2. The van der Waals surface area contributed by atoms with Gasteiger partial charge in [0.2, 0.25) is 17.7 Å². The van der Waals surface area contributed by atoms with Gasteiger partial charge in [-0.3, -0.25) is 14.4 Å². The summed E-state index contributed by atoms with van der Waals surface area (Å²) < 4.78 is 0. The first-order valence-electron chi connectivity index (χ1n) is 14.2. The average Bonchev–Trinajstić information content (AvgIpc) is 3.43. The third kappa shape index (κ3) is 4.14. The Morgan fingerprint density at radius 1 is 1.02 bits per heavy atom. The number of anilines is 2. The van der Waals surface area contributed by atoms with E-state index in [0.29, 0.717) is 56.7 Å². The summed E-state index contributed by atoms with van der Waals surface area (Å²) in [6.45, 7) is 0.990. The number of nitrogens with two attached hydrogens (primary N) is 1. The second-order valence-electron chi connectivity index (χ2n) is 12.5. The van der Waals surface area contributed by atoms with Crippen molar-refractivity contribution in [3.8, 4) is 0 Å². The number of carbonyl (C=O) groups is 3. The van der Waals surface area contributed by atoms with Crippen LogP contribution >= 0.6 is 0 Å². The van der Waals surface area contributed by atoms with Crippen LogP contribution in [-0.2, 0) is 45.7 Å². The maximum Gasteiger partial charge on any atom is 0.244 e. The zero-order valence-electron chi connectivity index (χ0n) is 23.1. The van der Waals surface area contributed by atoms with E-state index in [1.807, 2.05) is 61.6 Å². The molecule has 3 amide bonds. The van der Waals surface area contributed by atoms with Crippen molar-refractivity contribution in [1.29, 1.82) is 0 Å². The third-order valence-corrected chi connectivity index (χ3v) is 9.46. The summed E-state index contributed by atoms with van der Waals surface area (Å²) in [5.41, 5.74) is 10.8. The van der Waals surface area contributed by atoms with E-state index in [2.05, 4.69) is 20.9 Å². The largest absolute Gasteiger partial charge is 0.329 e.